The van der Waals surface area contributed by atoms with Gasteiger partial charge < -0.3 is 10.5 Å². The number of hydrogen-bond acceptors (Lipinski definition) is 4. The Hall–Kier alpha value is -2.01. The Balaban J connectivity index is 2.32. The van der Waals surface area contributed by atoms with Crippen LogP contribution in [0, 0.1) is 0 Å². The Morgan fingerprint density at radius 1 is 1.31 bits per heavy atom. The van der Waals surface area contributed by atoms with Crippen LogP contribution in [-0.4, -0.2) is 15.9 Å². The van der Waals surface area contributed by atoms with Crippen molar-refractivity contribution in [3.05, 3.63) is 35.3 Å². The second-order valence-corrected chi connectivity index (χ2v) is 3.71. The van der Waals surface area contributed by atoms with Gasteiger partial charge in [-0.1, -0.05) is 0 Å². The zero-order valence-electron chi connectivity index (χ0n) is 8.43. The van der Waals surface area contributed by atoms with Crippen LogP contribution in [0.1, 0.15) is 21.6 Å². The minimum Gasteiger partial charge on any atom is -0.372 e. The molecule has 0 spiro atoms. The summed E-state index contributed by atoms with van der Waals surface area (Å²) in [6.07, 6.45) is 3.35. The highest BCUT2D eigenvalue weighted by atomic mass is 16.5. The highest BCUT2D eigenvalue weighted by Gasteiger charge is 2.16. The minimum atomic E-state index is -0.529. The number of carbonyl (C=O) groups is 1. The van der Waals surface area contributed by atoms with Gasteiger partial charge in [-0.2, -0.15) is 0 Å². The average Bonchev–Trinajstić information content (AvgIpc) is 2.76. The first kappa shape index (κ1) is 9.23. The fraction of sp³-hybridized carbons (Fsp3) is 0.182. The monoisotopic (exact) mass is 215 g/mol. The summed E-state index contributed by atoms with van der Waals surface area (Å²) in [5, 5.41) is 0.902. The van der Waals surface area contributed by atoms with E-state index in [1.165, 1.54) is 0 Å². The second kappa shape index (κ2) is 3.24. The lowest BCUT2D eigenvalue weighted by atomic mass is 10.1. The second-order valence-electron chi connectivity index (χ2n) is 3.71. The molecule has 1 aliphatic rings. The molecular formula is C11H9N3O2. The van der Waals surface area contributed by atoms with Crippen molar-refractivity contribution in [3.63, 3.8) is 0 Å². The number of nitrogens with zero attached hydrogens (tertiary/aromatic N) is 2. The van der Waals surface area contributed by atoms with Gasteiger partial charge in [-0.15, -0.1) is 0 Å². The summed E-state index contributed by atoms with van der Waals surface area (Å²) >= 11 is 0. The van der Waals surface area contributed by atoms with Crippen LogP contribution in [-0.2, 0) is 18.0 Å². The summed E-state index contributed by atoms with van der Waals surface area (Å²) in [6, 6.07) is 1.68. The standard InChI is InChI=1S/C11H9N3O2/c12-11(15)9-1-7-8-5-16-4-6(8)2-13-10(7)3-14-9/h1-3H,4-5H2,(H2,12,15). The molecule has 2 aromatic rings. The van der Waals surface area contributed by atoms with Gasteiger partial charge in [0.05, 0.1) is 24.9 Å². The maximum atomic E-state index is 11.1. The zero-order valence-corrected chi connectivity index (χ0v) is 8.43. The number of aromatic nitrogens is 2. The van der Waals surface area contributed by atoms with Crippen LogP contribution < -0.4 is 5.73 Å². The van der Waals surface area contributed by atoms with Crippen LogP contribution in [0.5, 0.6) is 0 Å². The van der Waals surface area contributed by atoms with Crippen molar-refractivity contribution in [2.75, 3.05) is 0 Å². The molecule has 0 atom stereocenters. The van der Waals surface area contributed by atoms with E-state index in [1.807, 2.05) is 0 Å². The molecule has 0 fully saturated rings. The Labute approximate surface area is 91.3 Å². The first-order valence-corrected chi connectivity index (χ1v) is 4.90. The first-order chi connectivity index (χ1) is 7.75. The van der Waals surface area contributed by atoms with Gasteiger partial charge in [-0.05, 0) is 11.6 Å². The smallest absolute Gasteiger partial charge is 0.267 e. The molecule has 2 N–H and O–H groups in total. The molecule has 5 nitrogen and oxygen atoms in total. The van der Waals surface area contributed by atoms with Crippen molar-refractivity contribution in [2.45, 2.75) is 13.2 Å². The lowest BCUT2D eigenvalue weighted by molar-refractivity contribution is 0.0995. The predicted octanol–water partition coefficient (Wildman–Crippen LogP) is 0.759. The van der Waals surface area contributed by atoms with E-state index in [-0.39, 0.29) is 5.69 Å². The van der Waals surface area contributed by atoms with Crippen LogP contribution in [0.15, 0.2) is 18.5 Å². The van der Waals surface area contributed by atoms with Crippen molar-refractivity contribution in [3.8, 4) is 0 Å². The number of hydrogen-bond donors (Lipinski definition) is 1. The maximum Gasteiger partial charge on any atom is 0.267 e. The zero-order chi connectivity index (χ0) is 11.1. The van der Waals surface area contributed by atoms with E-state index in [1.54, 1.807) is 18.5 Å². The molecule has 0 saturated heterocycles. The topological polar surface area (TPSA) is 78.1 Å². The van der Waals surface area contributed by atoms with E-state index in [9.17, 15) is 4.79 Å². The molecule has 0 bridgehead atoms. The molecule has 1 amide bonds. The largest absolute Gasteiger partial charge is 0.372 e. The van der Waals surface area contributed by atoms with Crippen LogP contribution in [0.3, 0.4) is 0 Å². The molecule has 3 rings (SSSR count). The van der Waals surface area contributed by atoms with Crippen LogP contribution in [0.4, 0.5) is 0 Å². The summed E-state index contributed by atoms with van der Waals surface area (Å²) in [5.41, 5.74) is 8.36. The van der Waals surface area contributed by atoms with E-state index in [4.69, 9.17) is 10.5 Å². The average molecular weight is 215 g/mol. The number of amides is 1. The highest BCUT2D eigenvalue weighted by molar-refractivity contribution is 5.95. The van der Waals surface area contributed by atoms with Crippen molar-refractivity contribution >= 4 is 16.8 Å². The van der Waals surface area contributed by atoms with Gasteiger partial charge in [-0.3, -0.25) is 9.78 Å². The maximum absolute atomic E-state index is 11.1. The van der Waals surface area contributed by atoms with Crippen molar-refractivity contribution in [1.29, 1.82) is 0 Å². The summed E-state index contributed by atoms with van der Waals surface area (Å²) in [6.45, 7) is 1.13. The summed E-state index contributed by atoms with van der Waals surface area (Å²) < 4.78 is 5.35. The molecule has 5 heteroatoms. The van der Waals surface area contributed by atoms with E-state index < -0.39 is 5.91 Å². The molecule has 0 aromatic carbocycles. The highest BCUT2D eigenvalue weighted by Crippen LogP contribution is 2.26. The molecule has 2 aromatic heterocycles. The third-order valence-corrected chi connectivity index (χ3v) is 2.71. The number of carbonyl (C=O) groups excluding carboxylic acids is 1. The number of primary amides is 1. The van der Waals surface area contributed by atoms with Crippen LogP contribution in [0.25, 0.3) is 10.9 Å². The molecule has 0 aliphatic carbocycles. The van der Waals surface area contributed by atoms with Crippen molar-refractivity contribution < 1.29 is 9.53 Å². The Bertz CT molecular complexity index is 595. The Morgan fingerprint density at radius 3 is 3.00 bits per heavy atom. The Morgan fingerprint density at radius 2 is 2.19 bits per heavy atom. The van der Waals surface area contributed by atoms with Gasteiger partial charge in [-0.25, -0.2) is 4.98 Å². The van der Waals surface area contributed by atoms with Gasteiger partial charge in [0, 0.05) is 17.1 Å². The number of nitrogens with two attached hydrogens (primary N) is 1. The third-order valence-electron chi connectivity index (χ3n) is 2.71. The summed E-state index contributed by atoms with van der Waals surface area (Å²) in [7, 11) is 0. The lowest BCUT2D eigenvalue weighted by Gasteiger charge is -2.03. The summed E-state index contributed by atoms with van der Waals surface area (Å²) in [4.78, 5) is 19.3. The number of pyridine rings is 2. The van der Waals surface area contributed by atoms with E-state index in [0.29, 0.717) is 13.2 Å². The normalized spacial score (nSPS) is 14.0. The van der Waals surface area contributed by atoms with Gasteiger partial charge in [0.15, 0.2) is 0 Å². The molecule has 3 heterocycles. The van der Waals surface area contributed by atoms with Crippen molar-refractivity contribution in [1.82, 2.24) is 9.97 Å². The fourth-order valence-electron chi connectivity index (χ4n) is 1.88. The molecule has 16 heavy (non-hydrogen) atoms. The quantitative estimate of drug-likeness (QED) is 0.761. The number of rotatable bonds is 1. The minimum absolute atomic E-state index is 0.259. The summed E-state index contributed by atoms with van der Waals surface area (Å²) in [5.74, 6) is -0.529. The lowest BCUT2D eigenvalue weighted by Crippen LogP contribution is -2.12. The van der Waals surface area contributed by atoms with Gasteiger partial charge >= 0.3 is 0 Å². The molecule has 1 aliphatic heterocycles. The predicted molar refractivity (Wildman–Crippen MR) is 56.5 cm³/mol. The molecule has 0 saturated carbocycles. The molecule has 80 valence electrons. The first-order valence-electron chi connectivity index (χ1n) is 4.90. The molecule has 0 radical (unpaired) electrons. The van der Waals surface area contributed by atoms with Gasteiger partial charge in [0.25, 0.3) is 5.91 Å². The van der Waals surface area contributed by atoms with Crippen molar-refractivity contribution in [2.24, 2.45) is 5.73 Å². The van der Waals surface area contributed by atoms with E-state index >= 15 is 0 Å². The fourth-order valence-corrected chi connectivity index (χ4v) is 1.88. The van der Waals surface area contributed by atoms with E-state index in [0.717, 1.165) is 22.0 Å². The number of fused-ring (bicyclic) bond motifs is 3. The van der Waals surface area contributed by atoms with Gasteiger partial charge in [0.2, 0.25) is 0 Å². The Kier molecular flexibility index (Phi) is 1.87. The third kappa shape index (κ3) is 1.25. The molecular weight excluding hydrogens is 206 g/mol. The van der Waals surface area contributed by atoms with Crippen LogP contribution >= 0.6 is 0 Å². The molecule has 0 unspecified atom stereocenters. The van der Waals surface area contributed by atoms with E-state index in [2.05, 4.69) is 9.97 Å². The SMILES string of the molecule is NC(=O)c1cc2c3c(cnc2cn1)COC3. The van der Waals surface area contributed by atoms with Gasteiger partial charge in [0.1, 0.15) is 5.69 Å². The number of ether oxygens (including phenoxy) is 1. The van der Waals surface area contributed by atoms with Crippen LogP contribution in [0.2, 0.25) is 0 Å².